The van der Waals surface area contributed by atoms with Crippen molar-refractivity contribution in [1.29, 1.82) is 0 Å². The van der Waals surface area contributed by atoms with Crippen LogP contribution in [0.25, 0.3) is 0 Å². The number of hydrogen-bond donors (Lipinski definition) is 1. The Hall–Kier alpha value is -2.00. The lowest BCUT2D eigenvalue weighted by molar-refractivity contribution is -0.136. The van der Waals surface area contributed by atoms with Crippen molar-refractivity contribution in [3.05, 3.63) is 64.7 Å². The predicted molar refractivity (Wildman–Crippen MR) is 85.9 cm³/mol. The standard InChI is InChI=1S/C17H18ClNO2/c1-13-5-7-14(8-6-13)12-19(10-9-17(20)21)16-4-2-3-15(18)11-16/h2-8,11H,9-10,12H2,1H3,(H,20,21). The Morgan fingerprint density at radius 3 is 2.52 bits per heavy atom. The Morgan fingerprint density at radius 2 is 1.90 bits per heavy atom. The smallest absolute Gasteiger partial charge is 0.305 e. The summed E-state index contributed by atoms with van der Waals surface area (Å²) < 4.78 is 0. The van der Waals surface area contributed by atoms with E-state index in [9.17, 15) is 4.79 Å². The number of nitrogens with zero attached hydrogens (tertiary/aromatic N) is 1. The van der Waals surface area contributed by atoms with E-state index in [1.54, 1.807) is 0 Å². The number of hydrogen-bond acceptors (Lipinski definition) is 2. The van der Waals surface area contributed by atoms with Crippen molar-refractivity contribution in [2.24, 2.45) is 0 Å². The minimum Gasteiger partial charge on any atom is -0.481 e. The Kier molecular flexibility index (Phi) is 5.23. The number of carboxylic acid groups (broad SMARTS) is 1. The molecule has 1 N–H and O–H groups in total. The van der Waals surface area contributed by atoms with Crippen LogP contribution in [-0.2, 0) is 11.3 Å². The first-order valence-electron chi connectivity index (χ1n) is 6.82. The fourth-order valence-corrected chi connectivity index (χ4v) is 2.30. The van der Waals surface area contributed by atoms with E-state index in [0.717, 1.165) is 11.3 Å². The normalized spacial score (nSPS) is 10.4. The van der Waals surface area contributed by atoms with Gasteiger partial charge in [-0.15, -0.1) is 0 Å². The van der Waals surface area contributed by atoms with Gasteiger partial charge in [-0.1, -0.05) is 47.5 Å². The minimum atomic E-state index is -0.800. The van der Waals surface area contributed by atoms with Gasteiger partial charge in [0.2, 0.25) is 0 Å². The summed E-state index contributed by atoms with van der Waals surface area (Å²) in [5, 5.41) is 9.56. The lowest BCUT2D eigenvalue weighted by Gasteiger charge is -2.24. The van der Waals surface area contributed by atoms with Crippen LogP contribution in [0.3, 0.4) is 0 Å². The molecule has 21 heavy (non-hydrogen) atoms. The SMILES string of the molecule is Cc1ccc(CN(CCC(=O)O)c2cccc(Cl)c2)cc1. The third-order valence-electron chi connectivity index (χ3n) is 3.26. The van der Waals surface area contributed by atoms with Crippen LogP contribution in [0.4, 0.5) is 5.69 Å². The van der Waals surface area contributed by atoms with E-state index in [0.29, 0.717) is 18.1 Å². The average molecular weight is 304 g/mol. The molecular formula is C17H18ClNO2. The molecule has 110 valence electrons. The number of anilines is 1. The minimum absolute atomic E-state index is 0.0956. The molecule has 0 aromatic heterocycles. The maximum absolute atomic E-state index is 10.8. The van der Waals surface area contributed by atoms with Gasteiger partial charge in [-0.05, 0) is 30.7 Å². The number of carboxylic acids is 1. The lowest BCUT2D eigenvalue weighted by Crippen LogP contribution is -2.25. The van der Waals surface area contributed by atoms with Crippen LogP contribution in [0.5, 0.6) is 0 Å². The van der Waals surface area contributed by atoms with E-state index in [-0.39, 0.29) is 6.42 Å². The number of halogens is 1. The van der Waals surface area contributed by atoms with Gasteiger partial charge in [-0.2, -0.15) is 0 Å². The molecule has 0 bridgehead atoms. The second-order valence-corrected chi connectivity index (χ2v) is 5.47. The second kappa shape index (κ2) is 7.14. The molecule has 2 aromatic carbocycles. The monoisotopic (exact) mass is 303 g/mol. The van der Waals surface area contributed by atoms with E-state index < -0.39 is 5.97 Å². The van der Waals surface area contributed by atoms with Gasteiger partial charge in [-0.3, -0.25) is 4.79 Å². The highest BCUT2D eigenvalue weighted by Gasteiger charge is 2.10. The van der Waals surface area contributed by atoms with Crippen LogP contribution < -0.4 is 4.90 Å². The molecule has 4 heteroatoms. The summed E-state index contributed by atoms with van der Waals surface area (Å²) in [5.74, 6) is -0.800. The van der Waals surface area contributed by atoms with Crippen molar-refractivity contribution in [1.82, 2.24) is 0 Å². The van der Waals surface area contributed by atoms with E-state index in [2.05, 4.69) is 24.3 Å². The lowest BCUT2D eigenvalue weighted by atomic mass is 10.1. The van der Waals surface area contributed by atoms with Crippen LogP contribution in [0.1, 0.15) is 17.5 Å². The van der Waals surface area contributed by atoms with Crippen LogP contribution in [-0.4, -0.2) is 17.6 Å². The molecular weight excluding hydrogens is 286 g/mol. The molecule has 0 aliphatic rings. The Balaban J connectivity index is 2.19. The third-order valence-corrected chi connectivity index (χ3v) is 3.50. The molecule has 0 fully saturated rings. The molecule has 3 nitrogen and oxygen atoms in total. The number of aliphatic carboxylic acids is 1. The largest absolute Gasteiger partial charge is 0.481 e. The molecule has 0 aliphatic heterocycles. The van der Waals surface area contributed by atoms with Gasteiger partial charge in [0.25, 0.3) is 0 Å². The second-order valence-electron chi connectivity index (χ2n) is 5.03. The van der Waals surface area contributed by atoms with Crippen LogP contribution in [0.2, 0.25) is 5.02 Å². The first-order valence-corrected chi connectivity index (χ1v) is 7.20. The van der Waals surface area contributed by atoms with Gasteiger partial charge in [0.1, 0.15) is 0 Å². The van der Waals surface area contributed by atoms with Crippen molar-refractivity contribution >= 4 is 23.3 Å². The van der Waals surface area contributed by atoms with E-state index >= 15 is 0 Å². The molecule has 2 rings (SSSR count). The van der Waals surface area contributed by atoms with Gasteiger partial charge in [0.05, 0.1) is 6.42 Å². The quantitative estimate of drug-likeness (QED) is 0.872. The van der Waals surface area contributed by atoms with Gasteiger partial charge >= 0.3 is 5.97 Å². The van der Waals surface area contributed by atoms with Crippen molar-refractivity contribution in [3.63, 3.8) is 0 Å². The van der Waals surface area contributed by atoms with Gasteiger partial charge in [0, 0.05) is 23.8 Å². The summed E-state index contributed by atoms with van der Waals surface area (Å²) in [4.78, 5) is 12.9. The zero-order valence-electron chi connectivity index (χ0n) is 11.9. The molecule has 0 heterocycles. The number of rotatable bonds is 6. The topological polar surface area (TPSA) is 40.5 Å². The maximum Gasteiger partial charge on any atom is 0.305 e. The van der Waals surface area contributed by atoms with E-state index in [1.165, 1.54) is 5.56 Å². The third kappa shape index (κ3) is 4.80. The van der Waals surface area contributed by atoms with E-state index in [4.69, 9.17) is 16.7 Å². The van der Waals surface area contributed by atoms with E-state index in [1.807, 2.05) is 36.1 Å². The maximum atomic E-state index is 10.8. The van der Waals surface area contributed by atoms with Crippen LogP contribution >= 0.6 is 11.6 Å². The zero-order valence-corrected chi connectivity index (χ0v) is 12.7. The fraction of sp³-hybridized carbons (Fsp3) is 0.235. The predicted octanol–water partition coefficient (Wildman–Crippen LogP) is 4.13. The van der Waals surface area contributed by atoms with Crippen molar-refractivity contribution in [2.75, 3.05) is 11.4 Å². The highest BCUT2D eigenvalue weighted by Crippen LogP contribution is 2.22. The van der Waals surface area contributed by atoms with Crippen molar-refractivity contribution < 1.29 is 9.90 Å². The number of aryl methyl sites for hydroxylation is 1. The summed E-state index contributed by atoms with van der Waals surface area (Å²) >= 11 is 6.03. The molecule has 2 aromatic rings. The molecule has 0 aliphatic carbocycles. The molecule has 0 unspecified atom stereocenters. The number of carbonyl (C=O) groups is 1. The molecule has 0 radical (unpaired) electrons. The molecule has 0 spiro atoms. The summed E-state index contributed by atoms with van der Waals surface area (Å²) in [6, 6.07) is 15.7. The van der Waals surface area contributed by atoms with Gasteiger partial charge < -0.3 is 10.0 Å². The summed E-state index contributed by atoms with van der Waals surface area (Å²) in [5.41, 5.74) is 3.29. The number of benzene rings is 2. The summed E-state index contributed by atoms with van der Waals surface area (Å²) in [7, 11) is 0. The van der Waals surface area contributed by atoms with Gasteiger partial charge in [0.15, 0.2) is 0 Å². The molecule has 0 amide bonds. The average Bonchev–Trinajstić information content (AvgIpc) is 2.45. The first-order chi connectivity index (χ1) is 10.0. The van der Waals surface area contributed by atoms with Crippen molar-refractivity contribution in [2.45, 2.75) is 19.9 Å². The molecule has 0 atom stereocenters. The Labute approximate surface area is 129 Å². The first kappa shape index (κ1) is 15.4. The molecule has 0 saturated heterocycles. The summed E-state index contributed by atoms with van der Waals surface area (Å²) in [6.07, 6.45) is 0.0956. The summed E-state index contributed by atoms with van der Waals surface area (Å²) in [6.45, 7) is 3.15. The Bertz CT molecular complexity index is 610. The fourth-order valence-electron chi connectivity index (χ4n) is 2.12. The van der Waals surface area contributed by atoms with Gasteiger partial charge in [-0.25, -0.2) is 0 Å². The van der Waals surface area contributed by atoms with Crippen molar-refractivity contribution in [3.8, 4) is 0 Å². The highest BCUT2D eigenvalue weighted by molar-refractivity contribution is 6.30. The highest BCUT2D eigenvalue weighted by atomic mass is 35.5. The zero-order chi connectivity index (χ0) is 15.2. The Morgan fingerprint density at radius 1 is 1.19 bits per heavy atom. The van der Waals surface area contributed by atoms with Crippen LogP contribution in [0, 0.1) is 6.92 Å². The molecule has 0 saturated carbocycles. The van der Waals surface area contributed by atoms with Crippen LogP contribution in [0.15, 0.2) is 48.5 Å².